The van der Waals surface area contributed by atoms with Crippen LogP contribution in [0.4, 0.5) is 10.1 Å². The number of nitrogens with zero attached hydrogens (tertiary/aromatic N) is 4. The zero-order valence-corrected chi connectivity index (χ0v) is 10.5. The summed E-state index contributed by atoms with van der Waals surface area (Å²) < 4.78 is 19.6. The summed E-state index contributed by atoms with van der Waals surface area (Å²) in [5.41, 5.74) is 6.03. The van der Waals surface area contributed by atoms with Crippen molar-refractivity contribution in [2.24, 2.45) is 0 Å². The van der Waals surface area contributed by atoms with E-state index in [-0.39, 0.29) is 16.9 Å². The fourth-order valence-corrected chi connectivity index (χ4v) is 1.71. The van der Waals surface area contributed by atoms with Crippen molar-refractivity contribution >= 4 is 17.3 Å². The Hall–Kier alpha value is -1.89. The molecule has 18 heavy (non-hydrogen) atoms. The van der Waals surface area contributed by atoms with Crippen LogP contribution in [-0.4, -0.2) is 27.1 Å². The highest BCUT2D eigenvalue weighted by Crippen LogP contribution is 2.27. The molecule has 0 fully saturated rings. The van der Waals surface area contributed by atoms with Gasteiger partial charge in [0, 0.05) is 5.56 Å². The van der Waals surface area contributed by atoms with Crippen LogP contribution in [0, 0.1) is 5.95 Å². The molecule has 0 aromatic carbocycles. The normalized spacial score (nSPS) is 12.4. The first kappa shape index (κ1) is 12.6. The van der Waals surface area contributed by atoms with Gasteiger partial charge in [-0.2, -0.15) is 4.39 Å². The standard InChI is InChI=1S/C10H11ClFN5O/c1-5(17-4-7(13)9(12)16-17)6-3-8(11)14-15-10(6)18-2/h3-5H,13H2,1-2H3/t5-/m0/s1. The predicted molar refractivity (Wildman–Crippen MR) is 64.0 cm³/mol. The lowest BCUT2D eigenvalue weighted by Crippen LogP contribution is -2.10. The van der Waals surface area contributed by atoms with Gasteiger partial charge in [0.15, 0.2) is 5.15 Å². The molecule has 2 aromatic rings. The van der Waals surface area contributed by atoms with Gasteiger partial charge in [-0.15, -0.1) is 15.3 Å². The van der Waals surface area contributed by atoms with Crippen LogP contribution in [0.15, 0.2) is 12.3 Å². The molecular formula is C10H11ClFN5O. The van der Waals surface area contributed by atoms with Gasteiger partial charge in [0.1, 0.15) is 5.69 Å². The molecule has 6 nitrogen and oxygen atoms in total. The third kappa shape index (κ3) is 2.21. The average Bonchev–Trinajstić information content (AvgIpc) is 2.68. The fourth-order valence-electron chi connectivity index (χ4n) is 1.55. The van der Waals surface area contributed by atoms with Crippen LogP contribution in [0.3, 0.4) is 0 Å². The van der Waals surface area contributed by atoms with Gasteiger partial charge in [0.25, 0.3) is 5.95 Å². The van der Waals surface area contributed by atoms with E-state index in [1.54, 1.807) is 13.0 Å². The molecule has 2 N–H and O–H groups in total. The van der Waals surface area contributed by atoms with Crippen LogP contribution in [-0.2, 0) is 0 Å². The lowest BCUT2D eigenvalue weighted by Gasteiger charge is -2.14. The number of halogens is 2. The molecule has 2 aromatic heterocycles. The molecule has 2 heterocycles. The highest BCUT2D eigenvalue weighted by Gasteiger charge is 2.18. The molecule has 0 saturated heterocycles. The Morgan fingerprint density at radius 3 is 2.78 bits per heavy atom. The highest BCUT2D eigenvalue weighted by molar-refractivity contribution is 6.29. The summed E-state index contributed by atoms with van der Waals surface area (Å²) >= 11 is 5.78. The fraction of sp³-hybridized carbons (Fsp3) is 0.300. The van der Waals surface area contributed by atoms with Crippen LogP contribution in [0.25, 0.3) is 0 Å². The van der Waals surface area contributed by atoms with Crippen molar-refractivity contribution in [3.8, 4) is 5.88 Å². The van der Waals surface area contributed by atoms with Crippen molar-refractivity contribution in [1.82, 2.24) is 20.0 Å². The minimum atomic E-state index is -0.714. The number of nitrogens with two attached hydrogens (primary N) is 1. The second-order valence-electron chi connectivity index (χ2n) is 3.66. The van der Waals surface area contributed by atoms with Gasteiger partial charge in [-0.1, -0.05) is 11.6 Å². The van der Waals surface area contributed by atoms with Gasteiger partial charge >= 0.3 is 0 Å². The van der Waals surface area contributed by atoms with Gasteiger partial charge in [0.2, 0.25) is 5.88 Å². The monoisotopic (exact) mass is 271 g/mol. The van der Waals surface area contributed by atoms with E-state index in [4.69, 9.17) is 22.1 Å². The van der Waals surface area contributed by atoms with Gasteiger partial charge < -0.3 is 10.5 Å². The molecule has 0 unspecified atom stereocenters. The molecule has 0 aliphatic heterocycles. The Balaban J connectivity index is 2.44. The first-order chi connectivity index (χ1) is 8.52. The summed E-state index contributed by atoms with van der Waals surface area (Å²) in [6.07, 6.45) is 1.40. The summed E-state index contributed by atoms with van der Waals surface area (Å²) in [4.78, 5) is 0. The van der Waals surface area contributed by atoms with Crippen molar-refractivity contribution in [2.75, 3.05) is 12.8 Å². The largest absolute Gasteiger partial charge is 0.480 e. The van der Waals surface area contributed by atoms with Crippen LogP contribution in [0.5, 0.6) is 5.88 Å². The Labute approximate surface area is 108 Å². The van der Waals surface area contributed by atoms with E-state index in [0.29, 0.717) is 11.4 Å². The van der Waals surface area contributed by atoms with E-state index in [1.807, 2.05) is 0 Å². The summed E-state index contributed by atoms with van der Waals surface area (Å²) in [6.45, 7) is 1.79. The SMILES string of the molecule is COc1nnc(Cl)cc1[C@H](C)n1cc(N)c(F)n1. The zero-order chi connectivity index (χ0) is 13.3. The number of hydrogen-bond donors (Lipinski definition) is 1. The third-order valence-electron chi connectivity index (χ3n) is 2.51. The van der Waals surface area contributed by atoms with Crippen molar-refractivity contribution in [3.05, 3.63) is 28.9 Å². The van der Waals surface area contributed by atoms with Crippen LogP contribution >= 0.6 is 11.6 Å². The van der Waals surface area contributed by atoms with Gasteiger partial charge in [-0.05, 0) is 13.0 Å². The van der Waals surface area contributed by atoms with E-state index in [0.717, 1.165) is 0 Å². The van der Waals surface area contributed by atoms with Crippen LogP contribution < -0.4 is 10.5 Å². The summed E-state index contributed by atoms with van der Waals surface area (Å²) in [7, 11) is 1.46. The van der Waals surface area contributed by atoms with Crippen LogP contribution in [0.2, 0.25) is 5.15 Å². The van der Waals surface area contributed by atoms with Crippen LogP contribution in [0.1, 0.15) is 18.5 Å². The maximum absolute atomic E-state index is 13.1. The lowest BCUT2D eigenvalue weighted by molar-refractivity contribution is 0.376. The number of nitrogen functional groups attached to an aromatic ring is 1. The first-order valence-corrected chi connectivity index (χ1v) is 5.48. The Bertz CT molecular complexity index is 554. The van der Waals surface area contributed by atoms with Crippen molar-refractivity contribution in [3.63, 3.8) is 0 Å². The molecule has 0 aliphatic rings. The molecule has 0 bridgehead atoms. The molecule has 0 saturated carbocycles. The number of ether oxygens (including phenoxy) is 1. The third-order valence-corrected chi connectivity index (χ3v) is 2.70. The maximum atomic E-state index is 13.1. The van der Waals surface area contributed by atoms with E-state index in [2.05, 4.69) is 15.3 Å². The van der Waals surface area contributed by atoms with Crippen molar-refractivity contribution in [2.45, 2.75) is 13.0 Å². The molecule has 1 atom stereocenters. The molecule has 0 aliphatic carbocycles. The van der Waals surface area contributed by atoms with Gasteiger partial charge in [-0.3, -0.25) is 4.68 Å². The second kappa shape index (κ2) is 4.77. The Morgan fingerprint density at radius 2 is 2.22 bits per heavy atom. The zero-order valence-electron chi connectivity index (χ0n) is 9.76. The first-order valence-electron chi connectivity index (χ1n) is 5.10. The van der Waals surface area contributed by atoms with E-state index in [1.165, 1.54) is 18.0 Å². The smallest absolute Gasteiger partial charge is 0.255 e. The molecular weight excluding hydrogens is 261 g/mol. The molecule has 0 radical (unpaired) electrons. The molecule has 0 amide bonds. The molecule has 96 valence electrons. The number of aromatic nitrogens is 4. The van der Waals surface area contributed by atoms with E-state index >= 15 is 0 Å². The lowest BCUT2D eigenvalue weighted by atomic mass is 10.1. The number of methoxy groups -OCH3 is 1. The van der Waals surface area contributed by atoms with E-state index < -0.39 is 5.95 Å². The molecule has 8 heteroatoms. The number of anilines is 1. The maximum Gasteiger partial charge on any atom is 0.255 e. The van der Waals surface area contributed by atoms with Gasteiger partial charge in [-0.25, -0.2) is 0 Å². The Kier molecular flexibility index (Phi) is 3.33. The molecule has 0 spiro atoms. The topological polar surface area (TPSA) is 78.9 Å². The summed E-state index contributed by atoms with van der Waals surface area (Å²) in [5.74, 6) is -0.407. The minimum Gasteiger partial charge on any atom is -0.480 e. The van der Waals surface area contributed by atoms with E-state index in [9.17, 15) is 4.39 Å². The average molecular weight is 272 g/mol. The van der Waals surface area contributed by atoms with Gasteiger partial charge in [0.05, 0.1) is 19.3 Å². The number of hydrogen-bond acceptors (Lipinski definition) is 5. The summed E-state index contributed by atoms with van der Waals surface area (Å²) in [5, 5.41) is 11.4. The highest BCUT2D eigenvalue weighted by atomic mass is 35.5. The predicted octanol–water partition coefficient (Wildman–Crippen LogP) is 1.67. The quantitative estimate of drug-likeness (QED) is 0.918. The minimum absolute atomic E-state index is 0.0195. The van der Waals surface area contributed by atoms with Crippen molar-refractivity contribution in [1.29, 1.82) is 0 Å². The summed E-state index contributed by atoms with van der Waals surface area (Å²) in [6, 6.07) is 1.26. The second-order valence-corrected chi connectivity index (χ2v) is 4.05. The number of rotatable bonds is 3. The van der Waals surface area contributed by atoms with Crippen molar-refractivity contribution < 1.29 is 9.13 Å². The Morgan fingerprint density at radius 1 is 1.50 bits per heavy atom. The molecule has 2 rings (SSSR count).